The second kappa shape index (κ2) is 7.86. The van der Waals surface area contributed by atoms with E-state index < -0.39 is 0 Å². The SMILES string of the molecule is CCCCc1ccc(C(C)Nc2cc(Br)ccc2Cl)cc1. The third kappa shape index (κ3) is 4.76. The summed E-state index contributed by atoms with van der Waals surface area (Å²) >= 11 is 9.70. The summed E-state index contributed by atoms with van der Waals surface area (Å²) in [5.74, 6) is 0. The molecule has 0 saturated carbocycles. The van der Waals surface area contributed by atoms with Gasteiger partial charge in [-0.25, -0.2) is 0 Å². The normalized spacial score (nSPS) is 12.2. The van der Waals surface area contributed by atoms with E-state index in [0.29, 0.717) is 0 Å². The van der Waals surface area contributed by atoms with Crippen molar-refractivity contribution in [1.29, 1.82) is 0 Å². The van der Waals surface area contributed by atoms with Crippen LogP contribution in [-0.2, 0) is 6.42 Å². The number of anilines is 1. The quantitative estimate of drug-likeness (QED) is 0.606. The van der Waals surface area contributed by atoms with Crippen LogP contribution in [0.1, 0.15) is 43.9 Å². The maximum Gasteiger partial charge on any atom is 0.0638 e. The molecule has 0 aliphatic rings. The minimum absolute atomic E-state index is 0.219. The molecule has 0 saturated heterocycles. The van der Waals surface area contributed by atoms with Crippen molar-refractivity contribution in [3.8, 4) is 0 Å². The maximum atomic E-state index is 6.23. The van der Waals surface area contributed by atoms with Gasteiger partial charge in [0.2, 0.25) is 0 Å². The third-order valence-electron chi connectivity index (χ3n) is 3.60. The molecule has 0 spiro atoms. The van der Waals surface area contributed by atoms with Gasteiger partial charge in [0.05, 0.1) is 10.7 Å². The third-order valence-corrected chi connectivity index (χ3v) is 4.42. The van der Waals surface area contributed by atoms with E-state index >= 15 is 0 Å². The van der Waals surface area contributed by atoms with Gasteiger partial charge in [0.25, 0.3) is 0 Å². The van der Waals surface area contributed by atoms with E-state index in [2.05, 4.69) is 59.4 Å². The number of aryl methyl sites for hydroxylation is 1. The Bertz CT molecular complexity index is 580. The molecule has 1 N–H and O–H groups in total. The molecule has 1 nitrogen and oxygen atoms in total. The van der Waals surface area contributed by atoms with Crippen molar-refractivity contribution >= 4 is 33.2 Å². The number of hydrogen-bond acceptors (Lipinski definition) is 1. The summed E-state index contributed by atoms with van der Waals surface area (Å²) in [6.07, 6.45) is 3.65. The predicted molar refractivity (Wildman–Crippen MR) is 96.2 cm³/mol. The van der Waals surface area contributed by atoms with Gasteiger partial charge in [0, 0.05) is 10.5 Å². The van der Waals surface area contributed by atoms with Crippen molar-refractivity contribution in [3.05, 3.63) is 63.1 Å². The lowest BCUT2D eigenvalue weighted by molar-refractivity contribution is 0.793. The Morgan fingerprint density at radius 1 is 1.14 bits per heavy atom. The Labute approximate surface area is 140 Å². The molecule has 1 atom stereocenters. The molecule has 0 amide bonds. The van der Waals surface area contributed by atoms with E-state index in [1.807, 2.05) is 18.2 Å². The van der Waals surface area contributed by atoms with Crippen molar-refractivity contribution in [2.75, 3.05) is 5.32 Å². The minimum atomic E-state index is 0.219. The summed E-state index contributed by atoms with van der Waals surface area (Å²) < 4.78 is 1.02. The van der Waals surface area contributed by atoms with Crippen LogP contribution in [0.5, 0.6) is 0 Å². The molecule has 112 valence electrons. The summed E-state index contributed by atoms with van der Waals surface area (Å²) in [6.45, 7) is 4.38. The van der Waals surface area contributed by atoms with Crippen LogP contribution in [-0.4, -0.2) is 0 Å². The molecule has 0 radical (unpaired) electrons. The molecule has 1 unspecified atom stereocenters. The largest absolute Gasteiger partial charge is 0.377 e. The van der Waals surface area contributed by atoms with E-state index in [-0.39, 0.29) is 6.04 Å². The van der Waals surface area contributed by atoms with Crippen molar-refractivity contribution in [2.45, 2.75) is 39.2 Å². The summed E-state index contributed by atoms with van der Waals surface area (Å²) in [4.78, 5) is 0. The average Bonchev–Trinajstić information content (AvgIpc) is 2.49. The molecule has 0 aromatic heterocycles. The Hall–Kier alpha value is -0.990. The van der Waals surface area contributed by atoms with E-state index in [4.69, 9.17) is 11.6 Å². The van der Waals surface area contributed by atoms with E-state index in [9.17, 15) is 0 Å². The zero-order valence-electron chi connectivity index (χ0n) is 12.5. The van der Waals surface area contributed by atoms with Crippen LogP contribution in [0.4, 0.5) is 5.69 Å². The van der Waals surface area contributed by atoms with Crippen LogP contribution in [0.2, 0.25) is 5.02 Å². The van der Waals surface area contributed by atoms with E-state index in [1.54, 1.807) is 0 Å². The van der Waals surface area contributed by atoms with Gasteiger partial charge in [0.15, 0.2) is 0 Å². The van der Waals surface area contributed by atoms with Crippen LogP contribution in [0.15, 0.2) is 46.9 Å². The summed E-state index contributed by atoms with van der Waals surface area (Å²) in [6, 6.07) is 14.9. The molecule has 0 aliphatic heterocycles. The number of hydrogen-bond donors (Lipinski definition) is 1. The van der Waals surface area contributed by atoms with Crippen molar-refractivity contribution < 1.29 is 0 Å². The van der Waals surface area contributed by atoms with Crippen molar-refractivity contribution in [1.82, 2.24) is 0 Å². The molecule has 0 bridgehead atoms. The van der Waals surface area contributed by atoms with Gasteiger partial charge < -0.3 is 5.32 Å². The summed E-state index contributed by atoms with van der Waals surface area (Å²) in [5, 5.41) is 4.21. The predicted octanol–water partition coefficient (Wildman–Crippen LogP) is 6.62. The molecule has 3 heteroatoms. The first-order valence-electron chi connectivity index (χ1n) is 7.40. The summed E-state index contributed by atoms with van der Waals surface area (Å²) in [5.41, 5.74) is 3.63. The van der Waals surface area contributed by atoms with Crippen molar-refractivity contribution in [2.24, 2.45) is 0 Å². The maximum absolute atomic E-state index is 6.23. The Morgan fingerprint density at radius 3 is 2.52 bits per heavy atom. The van der Waals surface area contributed by atoms with E-state index in [0.717, 1.165) is 21.6 Å². The molecule has 2 rings (SSSR count). The second-order valence-electron chi connectivity index (χ2n) is 5.34. The average molecular weight is 367 g/mol. The van der Waals surface area contributed by atoms with Gasteiger partial charge >= 0.3 is 0 Å². The highest BCUT2D eigenvalue weighted by atomic mass is 79.9. The van der Waals surface area contributed by atoms with Gasteiger partial charge in [-0.05, 0) is 49.1 Å². The van der Waals surface area contributed by atoms with Gasteiger partial charge in [0.1, 0.15) is 0 Å². The second-order valence-corrected chi connectivity index (χ2v) is 6.66. The first-order chi connectivity index (χ1) is 10.1. The molecular weight excluding hydrogens is 346 g/mol. The Kier molecular flexibility index (Phi) is 6.13. The van der Waals surface area contributed by atoms with Gasteiger partial charge in [-0.3, -0.25) is 0 Å². The van der Waals surface area contributed by atoms with Gasteiger partial charge in [-0.2, -0.15) is 0 Å². The highest BCUT2D eigenvalue weighted by molar-refractivity contribution is 9.10. The van der Waals surface area contributed by atoms with Crippen LogP contribution < -0.4 is 5.32 Å². The highest BCUT2D eigenvalue weighted by Crippen LogP contribution is 2.29. The fraction of sp³-hybridized carbons (Fsp3) is 0.333. The summed E-state index contributed by atoms with van der Waals surface area (Å²) in [7, 11) is 0. The molecule has 0 fully saturated rings. The lowest BCUT2D eigenvalue weighted by Crippen LogP contribution is -2.07. The first kappa shape index (κ1) is 16.4. The fourth-order valence-electron chi connectivity index (χ4n) is 2.28. The monoisotopic (exact) mass is 365 g/mol. The van der Waals surface area contributed by atoms with Crippen LogP contribution in [0.3, 0.4) is 0 Å². The number of rotatable bonds is 6. The number of halogens is 2. The topological polar surface area (TPSA) is 12.0 Å². The van der Waals surface area contributed by atoms with Crippen LogP contribution in [0, 0.1) is 0 Å². The molecule has 2 aromatic carbocycles. The zero-order chi connectivity index (χ0) is 15.2. The molecule has 0 aliphatic carbocycles. The molecular formula is C18H21BrClN. The van der Waals surface area contributed by atoms with Gasteiger partial charge in [-0.15, -0.1) is 0 Å². The lowest BCUT2D eigenvalue weighted by atomic mass is 10.0. The minimum Gasteiger partial charge on any atom is -0.377 e. The Balaban J connectivity index is 2.05. The zero-order valence-corrected chi connectivity index (χ0v) is 14.8. The number of nitrogens with one attached hydrogen (secondary N) is 1. The molecule has 21 heavy (non-hydrogen) atoms. The molecule has 2 aromatic rings. The van der Waals surface area contributed by atoms with Gasteiger partial charge in [-0.1, -0.05) is 65.1 Å². The van der Waals surface area contributed by atoms with Crippen LogP contribution >= 0.6 is 27.5 Å². The standard InChI is InChI=1S/C18H21BrClN/c1-3-4-5-14-6-8-15(9-7-14)13(2)21-18-12-16(19)10-11-17(18)20/h6-13,21H,3-5H2,1-2H3. The number of unbranched alkanes of at least 4 members (excludes halogenated alkanes) is 1. The smallest absolute Gasteiger partial charge is 0.0638 e. The molecule has 0 heterocycles. The Morgan fingerprint density at radius 2 is 1.86 bits per heavy atom. The lowest BCUT2D eigenvalue weighted by Gasteiger charge is -2.17. The van der Waals surface area contributed by atoms with Crippen LogP contribution in [0.25, 0.3) is 0 Å². The van der Waals surface area contributed by atoms with Crippen molar-refractivity contribution in [3.63, 3.8) is 0 Å². The number of benzene rings is 2. The first-order valence-corrected chi connectivity index (χ1v) is 8.57. The van der Waals surface area contributed by atoms with E-state index in [1.165, 1.54) is 24.0 Å². The highest BCUT2D eigenvalue weighted by Gasteiger charge is 2.08. The fourth-order valence-corrected chi connectivity index (χ4v) is 2.81.